The molecule has 3 heterocycles. The molecule has 2 aromatic heterocycles. The van der Waals surface area contributed by atoms with Gasteiger partial charge in [-0.2, -0.15) is 10.1 Å². The number of aliphatic hydroxyl groups excluding tert-OH is 1. The summed E-state index contributed by atoms with van der Waals surface area (Å²) in [6.07, 6.45) is 1.15. The first-order chi connectivity index (χ1) is 18.2. The summed E-state index contributed by atoms with van der Waals surface area (Å²) in [5.41, 5.74) is 8.60. The highest BCUT2D eigenvalue weighted by Gasteiger charge is 2.46. The number of halogens is 4. The molecule has 38 heavy (non-hydrogen) atoms. The Morgan fingerprint density at radius 3 is 2.84 bits per heavy atom. The summed E-state index contributed by atoms with van der Waals surface area (Å²) in [6.45, 7) is -2.00. The lowest BCUT2D eigenvalue weighted by Crippen LogP contribution is -2.56. The maximum absolute atomic E-state index is 15.2. The van der Waals surface area contributed by atoms with Gasteiger partial charge in [0.25, 0.3) is 5.92 Å². The monoisotopic (exact) mass is 538 g/mol. The number of carbonyl (C=O) groups is 1. The number of hydrogen-bond donors (Lipinski definition) is 4. The number of likely N-dealkylation sites (tertiary alicyclic amines) is 1. The molecule has 204 valence electrons. The van der Waals surface area contributed by atoms with Crippen LogP contribution in [0.25, 0.3) is 16.6 Å². The molecule has 0 aliphatic carbocycles. The number of ether oxygens (including phenoxy) is 1. The van der Waals surface area contributed by atoms with E-state index in [0.29, 0.717) is 11.3 Å². The summed E-state index contributed by atoms with van der Waals surface area (Å²) in [4.78, 5) is 16.7. The number of aromatic nitrogens is 3. The fourth-order valence-corrected chi connectivity index (χ4v) is 4.31. The summed E-state index contributed by atoms with van der Waals surface area (Å²) in [5.74, 6) is -5.15. The zero-order chi connectivity index (χ0) is 27.4. The summed E-state index contributed by atoms with van der Waals surface area (Å²) >= 11 is 0. The van der Waals surface area contributed by atoms with Crippen molar-refractivity contribution in [2.45, 2.75) is 24.8 Å². The number of nitrogens with zero attached hydrogens (tertiary/aromatic N) is 5. The molecule has 1 aromatic carbocycles. The van der Waals surface area contributed by atoms with Crippen LogP contribution < -0.4 is 15.4 Å². The molecule has 1 fully saturated rings. The first kappa shape index (κ1) is 27.0. The normalized spacial score (nSPS) is 16.9. The van der Waals surface area contributed by atoms with Gasteiger partial charge >= 0.3 is 0 Å². The lowest BCUT2D eigenvalue weighted by Gasteiger charge is -2.38. The minimum Gasteiger partial charge on any atom is -0.479 e. The predicted octanol–water partition coefficient (Wildman–Crippen LogP) is 3.62. The molecule has 0 radical (unpaired) electrons. The van der Waals surface area contributed by atoms with Gasteiger partial charge < -0.3 is 25.4 Å². The van der Waals surface area contributed by atoms with E-state index in [0.717, 1.165) is 15.6 Å². The molecule has 0 spiro atoms. The topological polar surface area (TPSA) is 140 Å². The van der Waals surface area contributed by atoms with Crippen LogP contribution in [-0.2, 0) is 4.79 Å². The summed E-state index contributed by atoms with van der Waals surface area (Å²) in [7, 11) is 1.29. The molecular weight excluding hydrogens is 512 g/mol. The zero-order valence-corrected chi connectivity index (χ0v) is 20.3. The molecule has 15 heteroatoms. The fraction of sp³-hybridized carbons (Fsp3) is 0.435. The highest BCUT2D eigenvalue weighted by atomic mass is 19.3. The second kappa shape index (κ2) is 11.2. The van der Waals surface area contributed by atoms with Gasteiger partial charge in [0.15, 0.2) is 5.82 Å². The minimum absolute atomic E-state index is 0.00335. The Bertz CT molecular complexity index is 1340. The number of anilines is 2. The number of rotatable bonds is 10. The highest BCUT2D eigenvalue weighted by Crippen LogP contribution is 2.38. The zero-order valence-electron chi connectivity index (χ0n) is 20.3. The van der Waals surface area contributed by atoms with E-state index in [-0.39, 0.29) is 54.5 Å². The van der Waals surface area contributed by atoms with Crippen molar-refractivity contribution in [2.24, 2.45) is 5.11 Å². The number of methoxy groups -OCH3 is 1. The van der Waals surface area contributed by atoms with Crippen molar-refractivity contribution < 1.29 is 32.2 Å². The molecule has 1 atom stereocenters. The molecule has 0 unspecified atom stereocenters. The molecule has 3 aromatic rings. The largest absolute Gasteiger partial charge is 0.479 e. The Labute approximate surface area is 214 Å². The SMILES string of the molecule is COc1nc(N[C@@H]2CCN(C(=O)CO)CC2(F)F)nn2cc(F)c(-c3ccc(N=N)c(NCCCF)c3)c12. The standard InChI is InChI=1S/C23H26F4N8O3/c1-38-21-20-19(13-3-4-15(32-28)16(9-13)29-7-2-6-24)14(25)10-35(20)33-22(31-21)30-17-5-8-34(18(37)11-36)12-23(17,26)27/h3-4,9-10,17,28-29,36H,2,5-8,11-12H2,1H3,(H,30,33)/t17-/m1/s1. The average molecular weight is 539 g/mol. The third-order valence-electron chi connectivity index (χ3n) is 6.17. The van der Waals surface area contributed by atoms with Gasteiger partial charge in [0, 0.05) is 13.1 Å². The van der Waals surface area contributed by atoms with Crippen LogP contribution in [0.2, 0.25) is 0 Å². The van der Waals surface area contributed by atoms with E-state index in [1.165, 1.54) is 13.2 Å². The van der Waals surface area contributed by atoms with E-state index in [1.807, 2.05) is 0 Å². The lowest BCUT2D eigenvalue weighted by atomic mass is 10.0. The van der Waals surface area contributed by atoms with Crippen molar-refractivity contribution in [3.05, 3.63) is 30.2 Å². The number of alkyl halides is 3. The summed E-state index contributed by atoms with van der Waals surface area (Å²) in [5, 5.41) is 22.1. The second-order valence-corrected chi connectivity index (χ2v) is 8.62. The highest BCUT2D eigenvalue weighted by molar-refractivity contribution is 5.88. The molecule has 4 rings (SSSR count). The van der Waals surface area contributed by atoms with Gasteiger partial charge in [-0.25, -0.2) is 23.2 Å². The van der Waals surface area contributed by atoms with E-state index in [9.17, 15) is 18.0 Å². The summed E-state index contributed by atoms with van der Waals surface area (Å²) in [6, 6.07) is 3.17. The van der Waals surface area contributed by atoms with Crippen LogP contribution in [0, 0.1) is 11.3 Å². The predicted molar refractivity (Wildman–Crippen MR) is 129 cm³/mol. The quantitative estimate of drug-likeness (QED) is 0.176. The van der Waals surface area contributed by atoms with Gasteiger partial charge in [0.05, 0.1) is 43.8 Å². The van der Waals surface area contributed by atoms with Gasteiger partial charge in [-0.1, -0.05) is 6.07 Å². The van der Waals surface area contributed by atoms with Gasteiger partial charge in [-0.05, 0) is 30.5 Å². The van der Waals surface area contributed by atoms with Crippen LogP contribution >= 0.6 is 0 Å². The number of nitrogens with one attached hydrogen (secondary N) is 3. The van der Waals surface area contributed by atoms with Crippen molar-refractivity contribution in [2.75, 3.05) is 50.7 Å². The van der Waals surface area contributed by atoms with Gasteiger partial charge in [0.2, 0.25) is 17.7 Å². The first-order valence-electron chi connectivity index (χ1n) is 11.7. The number of carbonyl (C=O) groups excluding carboxylic acids is 1. The van der Waals surface area contributed by atoms with Crippen LogP contribution in [0.15, 0.2) is 29.5 Å². The third kappa shape index (κ3) is 5.32. The Morgan fingerprint density at radius 1 is 1.39 bits per heavy atom. The minimum atomic E-state index is -3.35. The molecule has 1 aliphatic heterocycles. The molecule has 4 N–H and O–H groups in total. The molecule has 11 nitrogen and oxygen atoms in total. The van der Waals surface area contributed by atoms with E-state index in [2.05, 4.69) is 25.8 Å². The van der Waals surface area contributed by atoms with Crippen LogP contribution in [0.3, 0.4) is 0 Å². The van der Waals surface area contributed by atoms with Gasteiger partial charge in [0.1, 0.15) is 17.8 Å². The maximum atomic E-state index is 15.2. The Hall–Kier alpha value is -4.01. The third-order valence-corrected chi connectivity index (χ3v) is 6.17. The van der Waals surface area contributed by atoms with Crippen molar-refractivity contribution in [1.29, 1.82) is 5.53 Å². The van der Waals surface area contributed by atoms with Crippen LogP contribution in [0.1, 0.15) is 12.8 Å². The van der Waals surface area contributed by atoms with E-state index >= 15 is 4.39 Å². The Morgan fingerprint density at radius 2 is 2.18 bits per heavy atom. The first-order valence-corrected chi connectivity index (χ1v) is 11.7. The van der Waals surface area contributed by atoms with Crippen molar-refractivity contribution >= 4 is 28.7 Å². The van der Waals surface area contributed by atoms with Crippen LogP contribution in [0.4, 0.5) is 34.9 Å². The number of aliphatic hydroxyl groups is 1. The second-order valence-electron chi connectivity index (χ2n) is 8.62. The maximum Gasteiger partial charge on any atom is 0.285 e. The lowest BCUT2D eigenvalue weighted by molar-refractivity contribution is -0.145. The van der Waals surface area contributed by atoms with Crippen molar-refractivity contribution in [1.82, 2.24) is 19.5 Å². The van der Waals surface area contributed by atoms with E-state index in [4.69, 9.17) is 15.4 Å². The molecule has 0 saturated carbocycles. The van der Waals surface area contributed by atoms with E-state index in [1.54, 1.807) is 12.1 Å². The van der Waals surface area contributed by atoms with Gasteiger partial charge in [-0.3, -0.25) is 9.18 Å². The van der Waals surface area contributed by atoms with Gasteiger partial charge in [-0.15, -0.1) is 5.10 Å². The molecule has 0 bridgehead atoms. The van der Waals surface area contributed by atoms with Crippen LogP contribution in [-0.4, -0.2) is 82.5 Å². The van der Waals surface area contributed by atoms with Crippen LogP contribution in [0.5, 0.6) is 5.88 Å². The fourth-order valence-electron chi connectivity index (χ4n) is 4.31. The summed E-state index contributed by atoms with van der Waals surface area (Å²) < 4.78 is 63.7. The number of amides is 1. The molecular formula is C23H26F4N8O3. The smallest absolute Gasteiger partial charge is 0.285 e. The Balaban J connectivity index is 1.67. The number of benzene rings is 1. The average Bonchev–Trinajstić information content (AvgIpc) is 3.24. The van der Waals surface area contributed by atoms with E-state index < -0.39 is 43.5 Å². The molecule has 1 aliphatic rings. The van der Waals surface area contributed by atoms with Crippen molar-refractivity contribution in [3.8, 4) is 17.0 Å². The number of piperidine rings is 1. The number of fused-ring (bicyclic) bond motifs is 1. The molecule has 1 saturated heterocycles. The van der Waals surface area contributed by atoms with Crippen molar-refractivity contribution in [3.63, 3.8) is 0 Å². The number of hydrogen-bond acceptors (Lipinski definition) is 9. The Kier molecular flexibility index (Phi) is 7.94. The molecule has 1 amide bonds.